The third kappa shape index (κ3) is 5.12. The van der Waals surface area contributed by atoms with Gasteiger partial charge in [0.2, 0.25) is 0 Å². The molecule has 1 N–H and O–H groups in total. The highest BCUT2D eigenvalue weighted by atomic mass is 127. The van der Waals surface area contributed by atoms with Crippen LogP contribution in [0.15, 0.2) is 23.2 Å². The molecule has 2 aliphatic heterocycles. The number of benzene rings is 1. The van der Waals surface area contributed by atoms with Gasteiger partial charge < -0.3 is 19.7 Å². The molecule has 0 bridgehead atoms. The molecule has 28 heavy (non-hydrogen) atoms. The minimum atomic E-state index is 0. The lowest BCUT2D eigenvalue weighted by atomic mass is 9.73. The largest absolute Gasteiger partial charge is 0.496 e. The van der Waals surface area contributed by atoms with Gasteiger partial charge in [-0.05, 0) is 37.7 Å². The van der Waals surface area contributed by atoms with Crippen LogP contribution in [0, 0.1) is 12.3 Å². The maximum Gasteiger partial charge on any atom is 0.193 e. The van der Waals surface area contributed by atoms with E-state index in [1.54, 1.807) is 7.11 Å². The summed E-state index contributed by atoms with van der Waals surface area (Å²) in [5, 5.41) is 3.69. The van der Waals surface area contributed by atoms with Crippen LogP contribution in [0.2, 0.25) is 0 Å². The number of hydrogen-bond donors (Lipinski definition) is 1. The van der Waals surface area contributed by atoms with Crippen molar-refractivity contribution in [2.45, 2.75) is 45.4 Å². The van der Waals surface area contributed by atoms with Gasteiger partial charge in [-0.15, -0.1) is 24.0 Å². The fourth-order valence-corrected chi connectivity index (χ4v) is 4.41. The number of methoxy groups -OCH3 is 1. The van der Waals surface area contributed by atoms with E-state index in [9.17, 15) is 0 Å². The van der Waals surface area contributed by atoms with Crippen LogP contribution in [0.1, 0.15) is 44.2 Å². The van der Waals surface area contributed by atoms with Gasteiger partial charge in [0.25, 0.3) is 0 Å². The van der Waals surface area contributed by atoms with Crippen molar-refractivity contribution in [2.24, 2.45) is 10.4 Å². The van der Waals surface area contributed by atoms with E-state index in [2.05, 4.69) is 54.2 Å². The van der Waals surface area contributed by atoms with Crippen LogP contribution in [0.25, 0.3) is 0 Å². The molecule has 0 atom stereocenters. The first-order chi connectivity index (χ1) is 12.9. The zero-order valence-corrected chi connectivity index (χ0v) is 20.3. The molecule has 0 aliphatic carbocycles. The average molecular weight is 501 g/mol. The summed E-state index contributed by atoms with van der Waals surface area (Å²) in [5.74, 6) is 1.99. The zero-order valence-electron chi connectivity index (χ0n) is 18.0. The van der Waals surface area contributed by atoms with Gasteiger partial charge in [-0.1, -0.05) is 31.5 Å². The van der Waals surface area contributed by atoms with E-state index in [-0.39, 0.29) is 29.4 Å². The Bertz CT molecular complexity index is 684. The topological polar surface area (TPSA) is 46.1 Å². The van der Waals surface area contributed by atoms with Crippen molar-refractivity contribution in [1.82, 2.24) is 10.2 Å². The van der Waals surface area contributed by atoms with Crippen molar-refractivity contribution in [2.75, 3.05) is 47.0 Å². The second-order valence-corrected chi connectivity index (χ2v) is 8.83. The summed E-state index contributed by atoms with van der Waals surface area (Å²) < 4.78 is 11.4. The molecule has 0 saturated carbocycles. The molecule has 2 fully saturated rings. The van der Waals surface area contributed by atoms with E-state index in [0.717, 1.165) is 57.4 Å². The number of nitrogens with zero attached hydrogens (tertiary/aromatic N) is 2. The van der Waals surface area contributed by atoms with E-state index in [1.807, 2.05) is 7.05 Å². The van der Waals surface area contributed by atoms with Crippen molar-refractivity contribution in [3.05, 3.63) is 29.3 Å². The van der Waals surface area contributed by atoms with Crippen LogP contribution >= 0.6 is 24.0 Å². The number of aryl methyl sites for hydroxylation is 1. The number of halogens is 1. The second kappa shape index (κ2) is 9.65. The summed E-state index contributed by atoms with van der Waals surface area (Å²) in [6.45, 7) is 11.3. The molecular formula is C22H36IN3O2. The SMILES string of the molecule is CN=C(NCC1(c2cc(C)ccc2OC)CCOCC1)N1CCC(C)(C)C1.I. The summed E-state index contributed by atoms with van der Waals surface area (Å²) in [7, 11) is 3.65. The standard InChI is InChI=1S/C22H35N3O2.HI/c1-17-6-7-19(26-5)18(14-17)22(9-12-27-13-10-22)15-24-20(23-4)25-11-8-21(2,3)16-25;/h6-7,14H,8-13,15-16H2,1-5H3,(H,23,24);1H. The van der Waals surface area contributed by atoms with Gasteiger partial charge in [0, 0.05) is 50.9 Å². The van der Waals surface area contributed by atoms with Gasteiger partial charge in [0.1, 0.15) is 5.75 Å². The fraction of sp³-hybridized carbons (Fsp3) is 0.682. The molecule has 2 saturated heterocycles. The molecular weight excluding hydrogens is 465 g/mol. The van der Waals surface area contributed by atoms with Gasteiger partial charge in [-0.3, -0.25) is 4.99 Å². The Labute approximate surface area is 187 Å². The third-order valence-electron chi connectivity index (χ3n) is 6.15. The first-order valence-electron chi connectivity index (χ1n) is 10.1. The van der Waals surface area contributed by atoms with Crippen molar-refractivity contribution in [1.29, 1.82) is 0 Å². The maximum atomic E-state index is 5.73. The highest BCUT2D eigenvalue weighted by Crippen LogP contribution is 2.40. The minimum absolute atomic E-state index is 0. The number of ether oxygens (including phenoxy) is 2. The summed E-state index contributed by atoms with van der Waals surface area (Å²) >= 11 is 0. The monoisotopic (exact) mass is 501 g/mol. The van der Waals surface area contributed by atoms with E-state index in [0.29, 0.717) is 5.41 Å². The van der Waals surface area contributed by atoms with Gasteiger partial charge in [0.05, 0.1) is 7.11 Å². The molecule has 158 valence electrons. The molecule has 0 radical (unpaired) electrons. The molecule has 0 unspecified atom stereocenters. The first kappa shape index (κ1) is 23.3. The lowest BCUT2D eigenvalue weighted by Crippen LogP contribution is -2.49. The maximum absolute atomic E-state index is 5.73. The Morgan fingerprint density at radius 1 is 1.25 bits per heavy atom. The summed E-state index contributed by atoms with van der Waals surface area (Å²) in [5.41, 5.74) is 2.91. The Hall–Kier alpha value is -1.02. The number of rotatable bonds is 4. The number of guanidine groups is 1. The summed E-state index contributed by atoms with van der Waals surface area (Å²) in [6.07, 6.45) is 3.18. The lowest BCUT2D eigenvalue weighted by Gasteiger charge is -2.39. The average Bonchev–Trinajstić information content (AvgIpc) is 3.02. The number of aliphatic imine (C=N–C) groups is 1. The Morgan fingerprint density at radius 3 is 2.54 bits per heavy atom. The predicted octanol–water partition coefficient (Wildman–Crippen LogP) is 3.98. The van der Waals surface area contributed by atoms with Crippen LogP contribution in [-0.4, -0.2) is 57.9 Å². The lowest BCUT2D eigenvalue weighted by molar-refractivity contribution is 0.0503. The molecule has 6 heteroatoms. The first-order valence-corrected chi connectivity index (χ1v) is 10.1. The molecule has 0 aromatic heterocycles. The van der Waals surface area contributed by atoms with Crippen LogP contribution in [0.5, 0.6) is 5.75 Å². The second-order valence-electron chi connectivity index (χ2n) is 8.83. The van der Waals surface area contributed by atoms with E-state index < -0.39 is 0 Å². The van der Waals surface area contributed by atoms with Crippen molar-refractivity contribution in [3.8, 4) is 5.75 Å². The van der Waals surface area contributed by atoms with Gasteiger partial charge in [-0.25, -0.2) is 0 Å². The highest BCUT2D eigenvalue weighted by molar-refractivity contribution is 14.0. The molecule has 1 aromatic carbocycles. The molecule has 1 aromatic rings. The molecule has 0 amide bonds. The van der Waals surface area contributed by atoms with Crippen LogP contribution in [-0.2, 0) is 10.2 Å². The van der Waals surface area contributed by atoms with Gasteiger partial charge in [-0.2, -0.15) is 0 Å². The fourth-order valence-electron chi connectivity index (χ4n) is 4.41. The van der Waals surface area contributed by atoms with Crippen molar-refractivity contribution >= 4 is 29.9 Å². The molecule has 2 aliphatic rings. The number of likely N-dealkylation sites (tertiary alicyclic amines) is 1. The molecule has 5 nitrogen and oxygen atoms in total. The van der Waals surface area contributed by atoms with Gasteiger partial charge >= 0.3 is 0 Å². The Balaban J connectivity index is 0.00000280. The summed E-state index contributed by atoms with van der Waals surface area (Å²) in [6, 6.07) is 6.50. The quantitative estimate of drug-likeness (QED) is 0.385. The molecule has 2 heterocycles. The van der Waals surface area contributed by atoms with Crippen molar-refractivity contribution in [3.63, 3.8) is 0 Å². The Kier molecular flexibility index (Phi) is 8.02. The number of nitrogens with one attached hydrogen (secondary N) is 1. The van der Waals surface area contributed by atoms with Crippen LogP contribution in [0.3, 0.4) is 0 Å². The van der Waals surface area contributed by atoms with Crippen molar-refractivity contribution < 1.29 is 9.47 Å². The third-order valence-corrected chi connectivity index (χ3v) is 6.15. The van der Waals surface area contributed by atoms with Crippen LogP contribution in [0.4, 0.5) is 0 Å². The van der Waals surface area contributed by atoms with E-state index >= 15 is 0 Å². The normalized spacial score (nSPS) is 21.2. The zero-order chi connectivity index (χ0) is 19.5. The van der Waals surface area contributed by atoms with E-state index in [1.165, 1.54) is 17.5 Å². The molecule has 3 rings (SSSR count). The van der Waals surface area contributed by atoms with Gasteiger partial charge in [0.15, 0.2) is 5.96 Å². The predicted molar refractivity (Wildman–Crippen MR) is 126 cm³/mol. The highest BCUT2D eigenvalue weighted by Gasteiger charge is 2.38. The minimum Gasteiger partial charge on any atom is -0.496 e. The van der Waals surface area contributed by atoms with E-state index in [4.69, 9.17) is 9.47 Å². The van der Waals surface area contributed by atoms with Crippen LogP contribution < -0.4 is 10.1 Å². The summed E-state index contributed by atoms with van der Waals surface area (Å²) in [4.78, 5) is 6.96. The molecule has 0 spiro atoms. The Morgan fingerprint density at radius 2 is 1.96 bits per heavy atom. The number of hydrogen-bond acceptors (Lipinski definition) is 3. The smallest absolute Gasteiger partial charge is 0.193 e.